The fraction of sp³-hybridized carbons (Fsp3) is 0.273. The number of hydrogen-bond donors (Lipinski definition) is 3. The number of halogens is 1. The molecule has 18 heteroatoms. The van der Waals surface area contributed by atoms with Crippen molar-refractivity contribution in [2.24, 2.45) is 0 Å². The van der Waals surface area contributed by atoms with E-state index in [-0.39, 0.29) is 29.0 Å². The van der Waals surface area contributed by atoms with Gasteiger partial charge >= 0.3 is 0 Å². The van der Waals surface area contributed by atoms with Gasteiger partial charge in [0.15, 0.2) is 5.82 Å². The second-order valence-corrected chi connectivity index (χ2v) is 20.1. The fourth-order valence-corrected chi connectivity index (χ4v) is 10.0. The highest BCUT2D eigenvalue weighted by molar-refractivity contribution is 7.99. The maximum atomic E-state index is 13.8. The highest BCUT2D eigenvalue weighted by Crippen LogP contribution is 2.33. The molecule has 324 valence electrons. The third-order valence-electron chi connectivity index (χ3n) is 10.5. The topological polar surface area (TPSA) is 180 Å². The summed E-state index contributed by atoms with van der Waals surface area (Å²) in [5.74, 6) is 0.612. The van der Waals surface area contributed by atoms with Gasteiger partial charge in [-0.1, -0.05) is 72.6 Å². The molecule has 1 fully saturated rings. The number of thioether (sulfide) groups is 1. The van der Waals surface area contributed by atoms with Gasteiger partial charge in [0.2, 0.25) is 10.0 Å². The average Bonchev–Trinajstić information content (AvgIpc) is 3.26. The van der Waals surface area contributed by atoms with Crippen molar-refractivity contribution in [1.82, 2.24) is 19.6 Å². The van der Waals surface area contributed by atoms with E-state index in [1.807, 2.05) is 72.8 Å². The Labute approximate surface area is 371 Å². The molecule has 1 aliphatic heterocycles. The Bertz CT molecular complexity index is 2720. The molecule has 1 aliphatic rings. The summed E-state index contributed by atoms with van der Waals surface area (Å²) in [6.45, 7) is 4.37. The van der Waals surface area contributed by atoms with Crippen LogP contribution in [0.1, 0.15) is 24.8 Å². The average molecular weight is 916 g/mol. The highest BCUT2D eigenvalue weighted by atomic mass is 35.5. The molecule has 62 heavy (non-hydrogen) atoms. The molecule has 7 rings (SSSR count). The van der Waals surface area contributed by atoms with Crippen molar-refractivity contribution in [3.63, 3.8) is 0 Å². The first-order valence-electron chi connectivity index (χ1n) is 20.1. The Morgan fingerprint density at radius 2 is 1.60 bits per heavy atom. The molecule has 14 nitrogen and oxygen atoms in total. The van der Waals surface area contributed by atoms with Gasteiger partial charge in [-0.3, -0.25) is 19.7 Å². The van der Waals surface area contributed by atoms with E-state index in [0.29, 0.717) is 40.9 Å². The smallest absolute Gasteiger partial charge is 0.293 e. The van der Waals surface area contributed by atoms with Gasteiger partial charge in [-0.15, -0.1) is 11.8 Å². The number of piperazine rings is 1. The summed E-state index contributed by atoms with van der Waals surface area (Å²) < 4.78 is 55.6. The Balaban J connectivity index is 1.01. The van der Waals surface area contributed by atoms with Gasteiger partial charge in [0.1, 0.15) is 12.0 Å². The summed E-state index contributed by atoms with van der Waals surface area (Å²) in [6, 6.07) is 35.2. The highest BCUT2D eigenvalue weighted by Gasteiger charge is 2.25. The van der Waals surface area contributed by atoms with Crippen LogP contribution in [-0.4, -0.2) is 87.4 Å². The number of unbranched alkanes of at least 4 members (excludes halogenated alkanes) is 1. The van der Waals surface area contributed by atoms with E-state index >= 15 is 0 Å². The summed E-state index contributed by atoms with van der Waals surface area (Å²) >= 11 is 7.72. The van der Waals surface area contributed by atoms with Crippen molar-refractivity contribution in [3.8, 4) is 11.1 Å². The summed E-state index contributed by atoms with van der Waals surface area (Å²) in [6.07, 6.45) is 4.20. The predicted octanol–water partition coefficient (Wildman–Crippen LogP) is 8.27. The monoisotopic (exact) mass is 914 g/mol. The van der Waals surface area contributed by atoms with E-state index < -0.39 is 30.7 Å². The number of sulfonamides is 2. The van der Waals surface area contributed by atoms with Crippen LogP contribution in [0.25, 0.3) is 22.0 Å². The quantitative estimate of drug-likeness (QED) is 0.0307. The van der Waals surface area contributed by atoms with Crippen molar-refractivity contribution in [3.05, 3.63) is 142 Å². The van der Waals surface area contributed by atoms with Gasteiger partial charge < -0.3 is 10.2 Å². The molecular formula is C44H47ClN8O6S3. The van der Waals surface area contributed by atoms with Gasteiger partial charge in [0.05, 0.1) is 21.6 Å². The molecule has 6 aromatic rings. The summed E-state index contributed by atoms with van der Waals surface area (Å²) in [4.78, 5) is 25.9. The molecule has 1 unspecified atom stereocenters. The van der Waals surface area contributed by atoms with Gasteiger partial charge in [-0.05, 0) is 84.1 Å². The third-order valence-corrected chi connectivity index (χ3v) is 14.0. The van der Waals surface area contributed by atoms with Crippen LogP contribution in [0.2, 0.25) is 5.02 Å². The Morgan fingerprint density at radius 3 is 2.34 bits per heavy atom. The van der Waals surface area contributed by atoms with Crippen molar-refractivity contribution >= 4 is 77.2 Å². The zero-order valence-corrected chi connectivity index (χ0v) is 37.2. The maximum Gasteiger partial charge on any atom is 0.293 e. The molecule has 5 aromatic carbocycles. The zero-order chi connectivity index (χ0) is 43.7. The lowest BCUT2D eigenvalue weighted by molar-refractivity contribution is -0.384. The second-order valence-electron chi connectivity index (χ2n) is 15.0. The second kappa shape index (κ2) is 20.3. The number of nitro benzene ring substituents is 1. The van der Waals surface area contributed by atoms with Crippen LogP contribution < -0.4 is 19.7 Å². The molecule has 0 spiro atoms. The number of fused-ring (bicyclic) bond motifs is 1. The lowest BCUT2D eigenvalue weighted by Gasteiger charge is -2.36. The lowest BCUT2D eigenvalue weighted by Crippen LogP contribution is -2.46. The number of anilines is 3. The zero-order valence-electron chi connectivity index (χ0n) is 34.0. The molecule has 0 bridgehead atoms. The van der Waals surface area contributed by atoms with Crippen LogP contribution >= 0.6 is 23.4 Å². The number of nitro groups is 1. The van der Waals surface area contributed by atoms with Crippen LogP contribution in [-0.2, 0) is 26.6 Å². The maximum absolute atomic E-state index is 13.8. The normalized spacial score (nSPS) is 14.1. The number of nitrogens with zero attached hydrogens (tertiary/aromatic N) is 5. The number of hydrogen-bond acceptors (Lipinski definition) is 12. The third kappa shape index (κ3) is 12.0. The largest absolute Gasteiger partial charge is 0.376 e. The van der Waals surface area contributed by atoms with Gasteiger partial charge in [0.25, 0.3) is 15.7 Å². The van der Waals surface area contributed by atoms with Gasteiger partial charge in [-0.2, -0.15) is 0 Å². The van der Waals surface area contributed by atoms with E-state index in [4.69, 9.17) is 11.6 Å². The molecule has 0 saturated carbocycles. The molecule has 1 atom stereocenters. The first kappa shape index (κ1) is 44.7. The van der Waals surface area contributed by atoms with Crippen LogP contribution in [0.15, 0.2) is 131 Å². The molecule has 0 radical (unpaired) electrons. The van der Waals surface area contributed by atoms with Gasteiger partial charge in [0, 0.05) is 78.1 Å². The van der Waals surface area contributed by atoms with E-state index in [1.165, 1.54) is 29.6 Å². The molecule has 1 saturated heterocycles. The van der Waals surface area contributed by atoms with E-state index in [9.17, 15) is 26.9 Å². The van der Waals surface area contributed by atoms with Gasteiger partial charge in [-0.25, -0.2) is 31.5 Å². The first-order valence-corrected chi connectivity index (χ1v) is 24.8. The number of aromatic nitrogens is 2. The van der Waals surface area contributed by atoms with Crippen molar-refractivity contribution in [2.45, 2.75) is 41.6 Å². The molecule has 2 heterocycles. The number of benzene rings is 5. The fourth-order valence-electron chi connectivity index (χ4n) is 7.34. The lowest BCUT2D eigenvalue weighted by atomic mass is 9.99. The Kier molecular flexibility index (Phi) is 14.6. The standard InChI is InChI=1S/C44H47ClN8O6S3/c1-61(56,57)48-22-8-7-10-35(30-60-37-11-3-2-4-12-37)49-41-21-19-38(28-43(41)53(54)55)62(58,59)50-44-40-20-18-36(27-42(40)46-31-47-44)52-25-23-51(24-26-52)29-33-9-5-6-13-39(33)32-14-16-34(45)17-15-32/h2-6,9,11-21,27-28,31,35,48-49H,7-8,10,22-26,29-30H2,1H3,(H,46,47,50). The Morgan fingerprint density at radius 1 is 0.855 bits per heavy atom. The molecule has 0 aliphatic carbocycles. The number of nitrogens with one attached hydrogen (secondary N) is 3. The summed E-state index contributed by atoms with van der Waals surface area (Å²) in [5.41, 5.74) is 4.83. The van der Waals surface area contributed by atoms with Crippen molar-refractivity contribution < 1.29 is 21.8 Å². The van der Waals surface area contributed by atoms with E-state index in [2.05, 4.69) is 52.7 Å². The minimum Gasteiger partial charge on any atom is -0.376 e. The van der Waals surface area contributed by atoms with Crippen LogP contribution in [0.4, 0.5) is 22.9 Å². The van der Waals surface area contributed by atoms with Crippen LogP contribution in [0.3, 0.4) is 0 Å². The number of rotatable bonds is 19. The minimum absolute atomic E-state index is 0.0546. The van der Waals surface area contributed by atoms with Crippen LogP contribution in [0, 0.1) is 10.1 Å². The SMILES string of the molecule is CS(=O)(=O)NCCCCC(CSc1ccccc1)Nc1ccc(S(=O)(=O)Nc2ncnc3cc(N4CCN(Cc5ccccc5-c5ccc(Cl)cc5)CC4)ccc23)cc1[N+](=O)[O-]. The minimum atomic E-state index is -4.32. The predicted molar refractivity (Wildman–Crippen MR) is 249 cm³/mol. The van der Waals surface area contributed by atoms with E-state index in [0.717, 1.165) is 61.2 Å². The van der Waals surface area contributed by atoms with E-state index in [1.54, 1.807) is 17.8 Å². The van der Waals surface area contributed by atoms with Crippen molar-refractivity contribution in [2.75, 3.05) is 59.7 Å². The first-order chi connectivity index (χ1) is 29.8. The summed E-state index contributed by atoms with van der Waals surface area (Å²) in [5, 5.41) is 16.8. The van der Waals surface area contributed by atoms with Crippen LogP contribution in [0.5, 0.6) is 0 Å². The molecule has 0 amide bonds. The molecule has 3 N–H and O–H groups in total. The molecular weight excluding hydrogens is 868 g/mol. The van der Waals surface area contributed by atoms with Crippen molar-refractivity contribution in [1.29, 1.82) is 0 Å². The summed E-state index contributed by atoms with van der Waals surface area (Å²) in [7, 11) is -7.64. The Hall–Kier alpha value is -5.30. The molecule has 1 aromatic heterocycles.